The first-order valence-corrected chi connectivity index (χ1v) is 5.06. The fourth-order valence-corrected chi connectivity index (χ4v) is 1.91. The molecule has 0 unspecified atom stereocenters. The van der Waals surface area contributed by atoms with Crippen molar-refractivity contribution < 1.29 is 9.53 Å². The van der Waals surface area contributed by atoms with Crippen molar-refractivity contribution in [3.63, 3.8) is 0 Å². The summed E-state index contributed by atoms with van der Waals surface area (Å²) in [7, 11) is 0. The van der Waals surface area contributed by atoms with Crippen LogP contribution in [0, 0.1) is 0 Å². The number of carbonyl (C=O) groups is 1. The molecule has 0 aromatic heterocycles. The second-order valence-electron chi connectivity index (χ2n) is 4.50. The highest BCUT2D eigenvalue weighted by Crippen LogP contribution is 2.38. The monoisotopic (exact) mass is 205 g/mol. The van der Waals surface area contributed by atoms with Crippen LogP contribution >= 0.6 is 0 Å². The topological polar surface area (TPSA) is 38.3 Å². The molecule has 1 N–H and O–H groups in total. The minimum Gasteiger partial charge on any atom is -0.487 e. The highest BCUT2D eigenvalue weighted by Gasteiger charge is 2.31. The lowest BCUT2D eigenvalue weighted by atomic mass is 10.0. The molecule has 0 spiro atoms. The van der Waals surface area contributed by atoms with Crippen molar-refractivity contribution in [3.8, 4) is 5.75 Å². The van der Waals surface area contributed by atoms with E-state index in [0.717, 1.165) is 23.4 Å². The molecule has 0 saturated heterocycles. The molecule has 1 aromatic carbocycles. The number of hydrogen-bond donors (Lipinski definition) is 1. The molecule has 1 aromatic rings. The van der Waals surface area contributed by atoms with E-state index in [1.807, 2.05) is 32.0 Å². The smallest absolute Gasteiger partial charge is 0.221 e. The summed E-state index contributed by atoms with van der Waals surface area (Å²) in [6.45, 7) is 5.61. The number of anilines is 1. The van der Waals surface area contributed by atoms with E-state index in [0.29, 0.717) is 0 Å². The van der Waals surface area contributed by atoms with Crippen molar-refractivity contribution in [2.75, 3.05) is 5.32 Å². The quantitative estimate of drug-likeness (QED) is 0.764. The maximum Gasteiger partial charge on any atom is 0.221 e. The molecule has 0 aliphatic carbocycles. The zero-order chi connectivity index (χ0) is 11.1. The van der Waals surface area contributed by atoms with E-state index in [1.54, 1.807) is 0 Å². The average Bonchev–Trinajstić information content (AvgIpc) is 2.39. The van der Waals surface area contributed by atoms with Gasteiger partial charge in [-0.2, -0.15) is 0 Å². The van der Waals surface area contributed by atoms with E-state index in [-0.39, 0.29) is 11.5 Å². The normalized spacial score (nSPS) is 16.7. The van der Waals surface area contributed by atoms with Crippen molar-refractivity contribution in [2.24, 2.45) is 0 Å². The Kier molecular flexibility index (Phi) is 2.18. The van der Waals surface area contributed by atoms with E-state index < -0.39 is 0 Å². The summed E-state index contributed by atoms with van der Waals surface area (Å²) < 4.78 is 5.77. The molecule has 3 heteroatoms. The molecule has 2 rings (SSSR count). The molecule has 0 bridgehead atoms. The maximum atomic E-state index is 11.0. The lowest BCUT2D eigenvalue weighted by Gasteiger charge is -2.16. The Morgan fingerprint density at radius 1 is 1.47 bits per heavy atom. The highest BCUT2D eigenvalue weighted by molar-refractivity contribution is 5.90. The first-order chi connectivity index (χ1) is 6.98. The summed E-state index contributed by atoms with van der Waals surface area (Å²) in [5.41, 5.74) is 1.79. The molecule has 1 aliphatic rings. The standard InChI is InChI=1S/C12H15NO2/c1-8(14)13-10-5-4-6-11-9(10)7-12(2,3)15-11/h4-6H,7H2,1-3H3,(H,13,14). The van der Waals surface area contributed by atoms with Gasteiger partial charge < -0.3 is 10.1 Å². The third-order valence-corrected chi connectivity index (χ3v) is 2.43. The molecule has 0 saturated carbocycles. The third-order valence-electron chi connectivity index (χ3n) is 2.43. The van der Waals surface area contributed by atoms with Gasteiger partial charge in [-0.3, -0.25) is 4.79 Å². The Balaban J connectivity index is 2.37. The van der Waals surface area contributed by atoms with Gasteiger partial charge in [0.2, 0.25) is 5.91 Å². The second kappa shape index (κ2) is 3.26. The summed E-state index contributed by atoms with van der Waals surface area (Å²) in [5, 5.41) is 2.82. The number of amides is 1. The molecule has 80 valence electrons. The second-order valence-corrected chi connectivity index (χ2v) is 4.50. The first-order valence-electron chi connectivity index (χ1n) is 5.06. The zero-order valence-electron chi connectivity index (χ0n) is 9.26. The highest BCUT2D eigenvalue weighted by atomic mass is 16.5. The van der Waals surface area contributed by atoms with Crippen LogP contribution in [0.15, 0.2) is 18.2 Å². The van der Waals surface area contributed by atoms with Gasteiger partial charge in [-0.05, 0) is 26.0 Å². The third kappa shape index (κ3) is 1.96. The summed E-state index contributed by atoms with van der Waals surface area (Å²) in [6, 6.07) is 5.74. The van der Waals surface area contributed by atoms with Crippen molar-refractivity contribution in [3.05, 3.63) is 23.8 Å². The van der Waals surface area contributed by atoms with Gasteiger partial charge in [0.1, 0.15) is 11.4 Å². The van der Waals surface area contributed by atoms with Gasteiger partial charge in [0.05, 0.1) is 0 Å². The number of carbonyl (C=O) groups excluding carboxylic acids is 1. The fourth-order valence-electron chi connectivity index (χ4n) is 1.91. The molecule has 0 radical (unpaired) electrons. The minimum absolute atomic E-state index is 0.0480. The molecule has 15 heavy (non-hydrogen) atoms. The molecule has 0 atom stereocenters. The van der Waals surface area contributed by atoms with Crippen molar-refractivity contribution in [1.29, 1.82) is 0 Å². The van der Waals surface area contributed by atoms with E-state index in [4.69, 9.17) is 4.74 Å². The Morgan fingerprint density at radius 3 is 2.87 bits per heavy atom. The van der Waals surface area contributed by atoms with Crippen LogP contribution in [0.3, 0.4) is 0 Å². The van der Waals surface area contributed by atoms with Crippen LogP contribution in [0.1, 0.15) is 26.3 Å². The lowest BCUT2D eigenvalue weighted by Crippen LogP contribution is -2.24. The largest absolute Gasteiger partial charge is 0.487 e. The Bertz CT molecular complexity index is 410. The molecule has 1 aliphatic heterocycles. The van der Waals surface area contributed by atoms with Gasteiger partial charge in [0.25, 0.3) is 0 Å². The predicted molar refractivity (Wildman–Crippen MR) is 59.2 cm³/mol. The van der Waals surface area contributed by atoms with Crippen LogP contribution < -0.4 is 10.1 Å². The van der Waals surface area contributed by atoms with Crippen LogP contribution in [0.4, 0.5) is 5.69 Å². The van der Waals surface area contributed by atoms with Crippen molar-refractivity contribution >= 4 is 11.6 Å². The number of rotatable bonds is 1. The van der Waals surface area contributed by atoms with Crippen LogP contribution in [-0.2, 0) is 11.2 Å². The Labute approximate surface area is 89.4 Å². The predicted octanol–water partition coefficient (Wildman–Crippen LogP) is 2.36. The minimum atomic E-state index is -0.170. The van der Waals surface area contributed by atoms with E-state index in [1.165, 1.54) is 6.92 Å². The van der Waals surface area contributed by atoms with Gasteiger partial charge >= 0.3 is 0 Å². The average molecular weight is 205 g/mol. The zero-order valence-corrected chi connectivity index (χ0v) is 9.26. The van der Waals surface area contributed by atoms with Gasteiger partial charge in [0, 0.05) is 24.6 Å². The van der Waals surface area contributed by atoms with Crippen LogP contribution in [0.5, 0.6) is 5.75 Å². The van der Waals surface area contributed by atoms with Crippen LogP contribution in [-0.4, -0.2) is 11.5 Å². The summed E-state index contributed by atoms with van der Waals surface area (Å²) in [6.07, 6.45) is 0.832. The number of nitrogens with one attached hydrogen (secondary N) is 1. The summed E-state index contributed by atoms with van der Waals surface area (Å²) in [4.78, 5) is 11.0. The summed E-state index contributed by atoms with van der Waals surface area (Å²) in [5.74, 6) is 0.833. The molecule has 1 heterocycles. The SMILES string of the molecule is CC(=O)Nc1cccc2c1CC(C)(C)O2. The fraction of sp³-hybridized carbons (Fsp3) is 0.417. The summed E-state index contributed by atoms with van der Waals surface area (Å²) >= 11 is 0. The number of ether oxygens (including phenoxy) is 1. The van der Waals surface area contributed by atoms with E-state index >= 15 is 0 Å². The lowest BCUT2D eigenvalue weighted by molar-refractivity contribution is -0.114. The van der Waals surface area contributed by atoms with Crippen LogP contribution in [0.25, 0.3) is 0 Å². The maximum absolute atomic E-state index is 11.0. The van der Waals surface area contributed by atoms with Crippen molar-refractivity contribution in [1.82, 2.24) is 0 Å². The Morgan fingerprint density at radius 2 is 2.20 bits per heavy atom. The van der Waals surface area contributed by atoms with Gasteiger partial charge in [-0.25, -0.2) is 0 Å². The Hall–Kier alpha value is -1.51. The van der Waals surface area contributed by atoms with Crippen LogP contribution in [0.2, 0.25) is 0 Å². The molecule has 1 amide bonds. The van der Waals surface area contributed by atoms with Crippen molar-refractivity contribution in [2.45, 2.75) is 32.8 Å². The molecular formula is C12H15NO2. The van der Waals surface area contributed by atoms with Gasteiger partial charge in [-0.15, -0.1) is 0 Å². The number of fused-ring (bicyclic) bond motifs is 1. The van der Waals surface area contributed by atoms with E-state index in [2.05, 4.69) is 5.32 Å². The van der Waals surface area contributed by atoms with E-state index in [9.17, 15) is 4.79 Å². The molecule has 3 nitrogen and oxygen atoms in total. The number of hydrogen-bond acceptors (Lipinski definition) is 2. The first kappa shape index (κ1) is 10.0. The molecule has 0 fully saturated rings. The molecular weight excluding hydrogens is 190 g/mol. The number of benzene rings is 1. The van der Waals surface area contributed by atoms with Gasteiger partial charge in [0.15, 0.2) is 0 Å². The van der Waals surface area contributed by atoms with Gasteiger partial charge in [-0.1, -0.05) is 6.07 Å².